The van der Waals surface area contributed by atoms with Crippen LogP contribution in [-0.2, 0) is 9.31 Å². The fourth-order valence-electron chi connectivity index (χ4n) is 2.64. The zero-order valence-electron chi connectivity index (χ0n) is 13.4. The van der Waals surface area contributed by atoms with E-state index in [4.69, 9.17) is 9.31 Å². The Balaban J connectivity index is 1.64. The van der Waals surface area contributed by atoms with Crippen LogP contribution in [0.4, 0.5) is 0 Å². The zero-order valence-corrected chi connectivity index (χ0v) is 13.4. The Labute approximate surface area is 127 Å². The van der Waals surface area contributed by atoms with Gasteiger partial charge in [0, 0.05) is 6.20 Å². The molecule has 3 nitrogen and oxygen atoms in total. The van der Waals surface area contributed by atoms with E-state index >= 15 is 0 Å². The second kappa shape index (κ2) is 5.26. The van der Waals surface area contributed by atoms with Gasteiger partial charge < -0.3 is 9.31 Å². The van der Waals surface area contributed by atoms with Gasteiger partial charge in [-0.2, -0.15) is 0 Å². The van der Waals surface area contributed by atoms with Gasteiger partial charge in [0.05, 0.1) is 16.9 Å². The van der Waals surface area contributed by atoms with Crippen molar-refractivity contribution >= 4 is 13.2 Å². The molecule has 2 fully saturated rings. The maximum atomic E-state index is 5.94. The fourth-order valence-corrected chi connectivity index (χ4v) is 2.64. The van der Waals surface area contributed by atoms with Crippen molar-refractivity contribution < 1.29 is 9.31 Å². The fraction of sp³-hybridized carbons (Fsp3) is 0.588. The molecule has 0 atom stereocenters. The molecular formula is C17H24BNO2. The first-order chi connectivity index (χ1) is 9.87. The summed E-state index contributed by atoms with van der Waals surface area (Å²) in [5, 5.41) is 0. The average Bonchev–Trinajstić information content (AvgIpc) is 2.55. The van der Waals surface area contributed by atoms with Crippen molar-refractivity contribution in [2.24, 2.45) is 0 Å². The number of hydrogen-bond donors (Lipinski definition) is 0. The van der Waals surface area contributed by atoms with Gasteiger partial charge in [-0.05, 0) is 64.2 Å². The summed E-state index contributed by atoms with van der Waals surface area (Å²) in [6, 6.07) is 4.27. The average molecular weight is 285 g/mol. The molecule has 0 aromatic carbocycles. The Bertz CT molecular complexity index is 516. The maximum absolute atomic E-state index is 5.94. The molecule has 112 valence electrons. The minimum atomic E-state index is -0.303. The number of rotatable bonds is 3. The highest BCUT2D eigenvalue weighted by molar-refractivity contribution is 6.52. The highest BCUT2D eigenvalue weighted by Gasteiger charge is 2.49. The Morgan fingerprint density at radius 3 is 2.29 bits per heavy atom. The molecule has 0 N–H and O–H groups in total. The van der Waals surface area contributed by atoms with Crippen LogP contribution in [0.5, 0.6) is 0 Å². The first-order valence-electron chi connectivity index (χ1n) is 7.87. The van der Waals surface area contributed by atoms with Gasteiger partial charge >= 0.3 is 7.12 Å². The molecule has 1 aromatic heterocycles. The molecule has 0 amide bonds. The summed E-state index contributed by atoms with van der Waals surface area (Å²) in [7, 11) is -0.303. The molecule has 1 aliphatic carbocycles. The standard InChI is InChI=1S/C17H24BNO2/c1-16(2)17(3,4)21-18(20-16)11-10-15-9-8-14(12-19-15)13-6-5-7-13/h8-13H,5-7H2,1-4H3/b11-10+. The number of aromatic nitrogens is 1. The number of hydrogen-bond acceptors (Lipinski definition) is 3. The molecule has 1 saturated carbocycles. The van der Waals surface area contributed by atoms with Crippen LogP contribution in [0.25, 0.3) is 6.08 Å². The van der Waals surface area contributed by atoms with Gasteiger partial charge in [0.1, 0.15) is 0 Å². The summed E-state index contributed by atoms with van der Waals surface area (Å²) in [5.41, 5.74) is 1.74. The first kappa shape index (κ1) is 14.8. The van der Waals surface area contributed by atoms with Crippen molar-refractivity contribution in [3.63, 3.8) is 0 Å². The predicted octanol–water partition coefficient (Wildman–Crippen LogP) is 3.99. The molecule has 1 aliphatic heterocycles. The normalized spacial score (nSPS) is 24.5. The molecule has 2 aliphatic rings. The molecule has 0 unspecified atom stereocenters. The minimum absolute atomic E-state index is 0.288. The van der Waals surface area contributed by atoms with Crippen LogP contribution in [0.15, 0.2) is 24.3 Å². The van der Waals surface area contributed by atoms with Crippen LogP contribution in [0.1, 0.15) is 64.1 Å². The van der Waals surface area contributed by atoms with Gasteiger partial charge in [-0.3, -0.25) is 4.98 Å². The quantitative estimate of drug-likeness (QED) is 0.787. The van der Waals surface area contributed by atoms with E-state index < -0.39 is 0 Å². The lowest BCUT2D eigenvalue weighted by atomic mass is 9.81. The summed E-state index contributed by atoms with van der Waals surface area (Å²) >= 11 is 0. The lowest BCUT2D eigenvalue weighted by molar-refractivity contribution is 0.00578. The third-order valence-corrected chi connectivity index (χ3v) is 5.08. The molecule has 4 heteroatoms. The largest absolute Gasteiger partial charge is 0.487 e. The van der Waals surface area contributed by atoms with Crippen molar-refractivity contribution in [3.8, 4) is 0 Å². The van der Waals surface area contributed by atoms with Gasteiger partial charge in [-0.25, -0.2) is 0 Å². The third kappa shape index (κ3) is 2.92. The van der Waals surface area contributed by atoms with Crippen molar-refractivity contribution in [1.82, 2.24) is 4.98 Å². The molecule has 3 rings (SSSR count). The molecule has 1 saturated heterocycles. The van der Waals surface area contributed by atoms with E-state index in [1.54, 1.807) is 0 Å². The number of nitrogens with zero attached hydrogens (tertiary/aromatic N) is 1. The van der Waals surface area contributed by atoms with Crippen LogP contribution < -0.4 is 0 Å². The lowest BCUT2D eigenvalue weighted by Gasteiger charge is -2.32. The Hall–Kier alpha value is -1.13. The van der Waals surface area contributed by atoms with Crippen molar-refractivity contribution in [2.45, 2.75) is 64.1 Å². The van der Waals surface area contributed by atoms with Crippen molar-refractivity contribution in [1.29, 1.82) is 0 Å². The van der Waals surface area contributed by atoms with Crippen LogP contribution in [0.3, 0.4) is 0 Å². The molecule has 2 heterocycles. The first-order valence-corrected chi connectivity index (χ1v) is 7.87. The van der Waals surface area contributed by atoms with Crippen LogP contribution in [-0.4, -0.2) is 23.3 Å². The van der Waals surface area contributed by atoms with E-state index in [1.165, 1.54) is 24.8 Å². The summed E-state index contributed by atoms with van der Waals surface area (Å²) < 4.78 is 11.9. The second-order valence-electron chi connectivity index (χ2n) is 7.13. The van der Waals surface area contributed by atoms with Crippen molar-refractivity contribution in [2.75, 3.05) is 0 Å². The molecule has 21 heavy (non-hydrogen) atoms. The van der Waals surface area contributed by atoms with Crippen LogP contribution in [0.2, 0.25) is 0 Å². The highest BCUT2D eigenvalue weighted by atomic mass is 16.7. The topological polar surface area (TPSA) is 31.4 Å². The van der Waals surface area contributed by atoms with Crippen molar-refractivity contribution in [3.05, 3.63) is 35.6 Å². The molecule has 1 aromatic rings. The van der Waals surface area contributed by atoms with E-state index in [0.29, 0.717) is 0 Å². The lowest BCUT2D eigenvalue weighted by Crippen LogP contribution is -2.41. The van der Waals surface area contributed by atoms with Crippen LogP contribution in [0, 0.1) is 0 Å². The summed E-state index contributed by atoms with van der Waals surface area (Å²) in [5.74, 6) is 2.68. The second-order valence-corrected chi connectivity index (χ2v) is 7.13. The smallest absolute Gasteiger partial charge is 0.400 e. The van der Waals surface area contributed by atoms with E-state index in [1.807, 2.05) is 18.2 Å². The van der Waals surface area contributed by atoms with Gasteiger partial charge in [0.2, 0.25) is 0 Å². The van der Waals surface area contributed by atoms with Gasteiger partial charge in [0.15, 0.2) is 0 Å². The summed E-state index contributed by atoms with van der Waals surface area (Å²) in [6.07, 6.45) is 7.96. The zero-order chi connectivity index (χ0) is 15.1. The molecule has 0 bridgehead atoms. The van der Waals surface area contributed by atoms with E-state index in [0.717, 1.165) is 11.6 Å². The molecule has 0 spiro atoms. The Kier molecular flexibility index (Phi) is 3.70. The minimum Gasteiger partial charge on any atom is -0.400 e. The predicted molar refractivity (Wildman–Crippen MR) is 85.9 cm³/mol. The van der Waals surface area contributed by atoms with Gasteiger partial charge in [-0.15, -0.1) is 0 Å². The van der Waals surface area contributed by atoms with E-state index in [2.05, 4.69) is 44.8 Å². The summed E-state index contributed by atoms with van der Waals surface area (Å²) in [4.78, 5) is 4.52. The van der Waals surface area contributed by atoms with E-state index in [-0.39, 0.29) is 18.3 Å². The Morgan fingerprint density at radius 1 is 1.14 bits per heavy atom. The molecular weight excluding hydrogens is 261 g/mol. The van der Waals surface area contributed by atoms with Crippen LogP contribution >= 0.6 is 0 Å². The third-order valence-electron chi connectivity index (χ3n) is 5.08. The molecule has 0 radical (unpaired) electrons. The Morgan fingerprint density at radius 2 is 1.81 bits per heavy atom. The van der Waals surface area contributed by atoms with E-state index in [9.17, 15) is 0 Å². The number of pyridine rings is 1. The SMILES string of the molecule is CC1(C)OB(/C=C/c2ccc(C3CCC3)cn2)OC1(C)C. The highest BCUT2D eigenvalue weighted by Crippen LogP contribution is 2.37. The monoisotopic (exact) mass is 285 g/mol. The maximum Gasteiger partial charge on any atom is 0.487 e. The summed E-state index contributed by atoms with van der Waals surface area (Å²) in [6.45, 7) is 8.25. The van der Waals surface area contributed by atoms with Gasteiger partial charge in [0.25, 0.3) is 0 Å². The van der Waals surface area contributed by atoms with Gasteiger partial charge in [-0.1, -0.05) is 18.5 Å².